The summed E-state index contributed by atoms with van der Waals surface area (Å²) in [6, 6.07) is 17.8. The van der Waals surface area contributed by atoms with Crippen molar-refractivity contribution < 1.29 is 9.53 Å². The molecule has 0 amide bonds. The van der Waals surface area contributed by atoms with Crippen molar-refractivity contribution >= 4 is 28.2 Å². The molecule has 3 heterocycles. The zero-order valence-electron chi connectivity index (χ0n) is 16.7. The Morgan fingerprint density at radius 3 is 2.77 bits per heavy atom. The van der Waals surface area contributed by atoms with Crippen molar-refractivity contribution in [1.29, 1.82) is 0 Å². The third-order valence-electron chi connectivity index (χ3n) is 5.37. The average molecular weight is 416 g/mol. The molecule has 6 heteroatoms. The SMILES string of the molecule is CN1CCc2nc3ccccc3c(C(=O)OCc3csc(-c4ccccc4)n3)c2C1. The average Bonchev–Trinajstić information content (AvgIpc) is 3.26. The van der Waals surface area contributed by atoms with Gasteiger partial charge in [-0.3, -0.25) is 4.98 Å². The highest BCUT2D eigenvalue weighted by atomic mass is 32.1. The first kappa shape index (κ1) is 18.9. The molecule has 1 aliphatic rings. The van der Waals surface area contributed by atoms with Crippen molar-refractivity contribution in [3.63, 3.8) is 0 Å². The fourth-order valence-electron chi connectivity index (χ4n) is 3.86. The normalized spacial score (nSPS) is 13.9. The third kappa shape index (κ3) is 3.60. The van der Waals surface area contributed by atoms with Crippen LogP contribution in [0.5, 0.6) is 0 Å². The standard InChI is InChI=1S/C24H21N3O2S/c1-27-12-11-21-19(13-27)22(18-9-5-6-10-20(18)26-21)24(28)29-14-17-15-30-23(25-17)16-7-3-2-4-8-16/h2-10,15H,11-14H2,1H3. The van der Waals surface area contributed by atoms with Crippen LogP contribution in [-0.2, 0) is 24.3 Å². The molecule has 1 aliphatic heterocycles. The summed E-state index contributed by atoms with van der Waals surface area (Å²) in [5.41, 5.74) is 5.29. The van der Waals surface area contributed by atoms with Crippen molar-refractivity contribution in [2.45, 2.75) is 19.6 Å². The molecule has 2 aromatic heterocycles. The summed E-state index contributed by atoms with van der Waals surface area (Å²) in [6.07, 6.45) is 0.837. The molecule has 0 fully saturated rings. The number of rotatable bonds is 4. The number of carbonyl (C=O) groups excluding carboxylic acids is 1. The Morgan fingerprint density at radius 2 is 1.90 bits per heavy atom. The van der Waals surface area contributed by atoms with Gasteiger partial charge >= 0.3 is 5.97 Å². The van der Waals surface area contributed by atoms with Gasteiger partial charge < -0.3 is 9.64 Å². The van der Waals surface area contributed by atoms with E-state index in [-0.39, 0.29) is 12.6 Å². The topological polar surface area (TPSA) is 55.3 Å². The zero-order valence-corrected chi connectivity index (χ0v) is 17.5. The first-order valence-electron chi connectivity index (χ1n) is 9.95. The number of esters is 1. The minimum atomic E-state index is -0.311. The molecule has 0 atom stereocenters. The van der Waals surface area contributed by atoms with Gasteiger partial charge in [-0.05, 0) is 13.1 Å². The number of fused-ring (bicyclic) bond motifs is 2. The van der Waals surface area contributed by atoms with Gasteiger partial charge in [0.2, 0.25) is 0 Å². The van der Waals surface area contributed by atoms with Crippen molar-refractivity contribution in [1.82, 2.24) is 14.9 Å². The largest absolute Gasteiger partial charge is 0.456 e. The maximum absolute atomic E-state index is 13.2. The molecule has 4 aromatic rings. The van der Waals surface area contributed by atoms with E-state index < -0.39 is 0 Å². The second-order valence-electron chi connectivity index (χ2n) is 7.50. The van der Waals surface area contributed by atoms with E-state index in [2.05, 4.69) is 16.9 Å². The molecule has 2 aromatic carbocycles. The summed E-state index contributed by atoms with van der Waals surface area (Å²) >= 11 is 1.56. The smallest absolute Gasteiger partial charge is 0.339 e. The van der Waals surface area contributed by atoms with Gasteiger partial charge in [0.05, 0.1) is 16.8 Å². The van der Waals surface area contributed by atoms with Crippen LogP contribution in [-0.4, -0.2) is 34.4 Å². The van der Waals surface area contributed by atoms with Gasteiger partial charge in [-0.1, -0.05) is 48.5 Å². The van der Waals surface area contributed by atoms with E-state index in [1.54, 1.807) is 11.3 Å². The van der Waals surface area contributed by atoms with Gasteiger partial charge in [0.25, 0.3) is 0 Å². The van der Waals surface area contributed by atoms with E-state index in [0.29, 0.717) is 12.1 Å². The molecule has 0 aliphatic carbocycles. The van der Waals surface area contributed by atoms with Crippen molar-refractivity contribution in [2.75, 3.05) is 13.6 Å². The van der Waals surface area contributed by atoms with E-state index in [1.807, 2.05) is 60.0 Å². The highest BCUT2D eigenvalue weighted by Gasteiger charge is 2.25. The van der Waals surface area contributed by atoms with Crippen molar-refractivity contribution in [3.05, 3.63) is 82.5 Å². The van der Waals surface area contributed by atoms with Crippen LogP contribution >= 0.6 is 11.3 Å². The summed E-state index contributed by atoms with van der Waals surface area (Å²) in [5, 5.41) is 3.72. The van der Waals surface area contributed by atoms with Crippen LogP contribution in [0.15, 0.2) is 60.0 Å². The molecule has 0 spiro atoms. The summed E-state index contributed by atoms with van der Waals surface area (Å²) in [7, 11) is 2.06. The molecule has 5 rings (SSSR count). The lowest BCUT2D eigenvalue weighted by Gasteiger charge is -2.26. The molecule has 0 radical (unpaired) electrons. The monoisotopic (exact) mass is 415 g/mol. The lowest BCUT2D eigenvalue weighted by atomic mass is 9.96. The molecular weight excluding hydrogens is 394 g/mol. The van der Waals surface area contributed by atoms with E-state index in [0.717, 1.165) is 51.4 Å². The van der Waals surface area contributed by atoms with Crippen LogP contribution in [0.25, 0.3) is 21.5 Å². The van der Waals surface area contributed by atoms with Crippen LogP contribution < -0.4 is 0 Å². The molecule has 0 bridgehead atoms. The van der Waals surface area contributed by atoms with Crippen LogP contribution in [0, 0.1) is 0 Å². The van der Waals surface area contributed by atoms with Crippen LogP contribution in [0.3, 0.4) is 0 Å². The minimum absolute atomic E-state index is 0.156. The van der Waals surface area contributed by atoms with E-state index in [9.17, 15) is 4.79 Å². The fraction of sp³-hybridized carbons (Fsp3) is 0.208. The maximum Gasteiger partial charge on any atom is 0.339 e. The number of pyridine rings is 1. The number of ether oxygens (including phenoxy) is 1. The summed E-state index contributed by atoms with van der Waals surface area (Å²) in [4.78, 5) is 24.8. The van der Waals surface area contributed by atoms with Gasteiger partial charge in [0, 0.05) is 47.1 Å². The number of nitrogens with zero attached hydrogens (tertiary/aromatic N) is 3. The van der Waals surface area contributed by atoms with Crippen LogP contribution in [0.2, 0.25) is 0 Å². The van der Waals surface area contributed by atoms with Crippen LogP contribution in [0.4, 0.5) is 0 Å². The van der Waals surface area contributed by atoms with Crippen molar-refractivity contribution in [2.24, 2.45) is 0 Å². The lowest BCUT2D eigenvalue weighted by Crippen LogP contribution is -2.29. The van der Waals surface area contributed by atoms with E-state index in [4.69, 9.17) is 9.72 Å². The van der Waals surface area contributed by atoms with Crippen LogP contribution in [0.1, 0.15) is 27.3 Å². The van der Waals surface area contributed by atoms with Gasteiger partial charge in [-0.25, -0.2) is 9.78 Å². The number of carbonyl (C=O) groups is 1. The molecule has 5 nitrogen and oxygen atoms in total. The molecule has 150 valence electrons. The molecule has 0 N–H and O–H groups in total. The Morgan fingerprint density at radius 1 is 1.10 bits per heavy atom. The molecule has 30 heavy (non-hydrogen) atoms. The number of para-hydroxylation sites is 1. The number of likely N-dealkylation sites (N-methyl/N-ethyl adjacent to an activating group) is 1. The Balaban J connectivity index is 1.43. The maximum atomic E-state index is 13.2. The highest BCUT2D eigenvalue weighted by Crippen LogP contribution is 2.29. The first-order chi connectivity index (χ1) is 14.7. The Labute approximate surface area is 179 Å². The molecule has 0 saturated carbocycles. The van der Waals surface area contributed by atoms with Crippen molar-refractivity contribution in [3.8, 4) is 10.6 Å². The number of thiazole rings is 1. The van der Waals surface area contributed by atoms with Gasteiger partial charge in [-0.2, -0.15) is 0 Å². The van der Waals surface area contributed by atoms with E-state index >= 15 is 0 Å². The Bertz CT molecular complexity index is 1220. The quantitative estimate of drug-likeness (QED) is 0.452. The predicted molar refractivity (Wildman–Crippen MR) is 118 cm³/mol. The number of hydrogen-bond acceptors (Lipinski definition) is 6. The van der Waals surface area contributed by atoms with Gasteiger partial charge in [0.15, 0.2) is 0 Å². The second kappa shape index (κ2) is 7.97. The number of aromatic nitrogens is 2. The molecule has 0 unspecified atom stereocenters. The zero-order chi connectivity index (χ0) is 20.5. The molecule has 0 saturated heterocycles. The summed E-state index contributed by atoms with van der Waals surface area (Å²) in [5.74, 6) is -0.311. The minimum Gasteiger partial charge on any atom is -0.456 e. The van der Waals surface area contributed by atoms with E-state index in [1.165, 1.54) is 0 Å². The number of benzene rings is 2. The summed E-state index contributed by atoms with van der Waals surface area (Å²) < 4.78 is 5.73. The first-order valence-corrected chi connectivity index (χ1v) is 10.8. The van der Waals surface area contributed by atoms with Gasteiger partial charge in [0.1, 0.15) is 11.6 Å². The lowest BCUT2D eigenvalue weighted by molar-refractivity contribution is 0.0468. The van der Waals surface area contributed by atoms with Gasteiger partial charge in [-0.15, -0.1) is 11.3 Å². The second-order valence-corrected chi connectivity index (χ2v) is 8.36. The fourth-order valence-corrected chi connectivity index (χ4v) is 4.67. The third-order valence-corrected chi connectivity index (χ3v) is 6.31. The Kier molecular flexibility index (Phi) is 5.02. The molecular formula is C24H21N3O2S. The number of hydrogen-bond donors (Lipinski definition) is 0. The Hall–Kier alpha value is -3.09. The predicted octanol–water partition coefficient (Wildman–Crippen LogP) is 4.70. The summed E-state index contributed by atoms with van der Waals surface area (Å²) in [6.45, 7) is 1.80. The highest BCUT2D eigenvalue weighted by molar-refractivity contribution is 7.13.